The molecule has 0 spiro atoms. The number of phenols is 3. The van der Waals surface area contributed by atoms with Gasteiger partial charge in [0, 0.05) is 10.8 Å². The molecule has 0 atom stereocenters. The first-order valence-corrected chi connectivity index (χ1v) is 5.19. The molecule has 1 heterocycles. The molecule has 0 radical (unpaired) electrons. The fourth-order valence-electron chi connectivity index (χ4n) is 1.40. The number of amides is 2. The van der Waals surface area contributed by atoms with Crippen LogP contribution in [0.1, 0.15) is 0 Å². The predicted molar refractivity (Wildman–Crippen MR) is 61.7 cm³/mol. The summed E-state index contributed by atoms with van der Waals surface area (Å²) in [5.41, 5.74) is 4.90. The minimum absolute atomic E-state index is 0.0211. The molecule has 2 amide bonds. The zero-order chi connectivity index (χ0) is 12.7. The van der Waals surface area contributed by atoms with Crippen molar-refractivity contribution in [2.45, 2.75) is 0 Å². The van der Waals surface area contributed by atoms with Gasteiger partial charge in [-0.05, 0) is 0 Å². The summed E-state index contributed by atoms with van der Waals surface area (Å²) in [5, 5.41) is 40.0. The van der Waals surface area contributed by atoms with Crippen LogP contribution < -0.4 is 11.1 Å². The maximum atomic E-state index is 10.7. The Hall–Kier alpha value is -2.35. The van der Waals surface area contributed by atoms with Crippen molar-refractivity contribution >= 4 is 32.5 Å². The molecular formula is C9H8N2O5S. The van der Waals surface area contributed by atoms with E-state index in [2.05, 4.69) is 5.32 Å². The number of fused-ring (bicyclic) bond motifs is 1. The normalized spacial score (nSPS) is 10.6. The van der Waals surface area contributed by atoms with Crippen molar-refractivity contribution in [3.63, 3.8) is 0 Å². The molecule has 90 valence electrons. The molecule has 0 fully saturated rings. The topological polar surface area (TPSA) is 136 Å². The van der Waals surface area contributed by atoms with E-state index in [0.29, 0.717) is 4.70 Å². The number of nitrogens with two attached hydrogens (primary N) is 1. The van der Waals surface area contributed by atoms with Gasteiger partial charge in [0.05, 0.1) is 5.39 Å². The third-order valence-corrected chi connectivity index (χ3v) is 3.16. The molecule has 7 nitrogen and oxygen atoms in total. The number of benzene rings is 1. The van der Waals surface area contributed by atoms with Gasteiger partial charge in [-0.1, -0.05) is 0 Å². The number of rotatable bonds is 1. The van der Waals surface area contributed by atoms with Crippen molar-refractivity contribution < 1.29 is 25.2 Å². The molecule has 0 aliphatic rings. The van der Waals surface area contributed by atoms with Crippen molar-refractivity contribution in [3.05, 3.63) is 6.07 Å². The number of urea groups is 1. The molecule has 17 heavy (non-hydrogen) atoms. The Morgan fingerprint density at radius 2 is 1.82 bits per heavy atom. The molecule has 2 aromatic rings. The Morgan fingerprint density at radius 3 is 2.41 bits per heavy atom. The molecule has 0 bridgehead atoms. The molecule has 1 aromatic carbocycles. The molecule has 1 aromatic heterocycles. The van der Waals surface area contributed by atoms with Gasteiger partial charge in [-0.2, -0.15) is 0 Å². The Balaban J connectivity index is 2.74. The van der Waals surface area contributed by atoms with Crippen LogP contribution in [-0.2, 0) is 0 Å². The maximum absolute atomic E-state index is 10.7. The van der Waals surface area contributed by atoms with E-state index in [-0.39, 0.29) is 10.4 Å². The van der Waals surface area contributed by atoms with E-state index in [4.69, 9.17) is 5.73 Å². The van der Waals surface area contributed by atoms with Crippen molar-refractivity contribution in [2.75, 3.05) is 5.32 Å². The van der Waals surface area contributed by atoms with E-state index < -0.39 is 29.0 Å². The van der Waals surface area contributed by atoms with Crippen molar-refractivity contribution in [3.8, 4) is 23.0 Å². The van der Waals surface area contributed by atoms with Crippen LogP contribution in [0.3, 0.4) is 0 Å². The summed E-state index contributed by atoms with van der Waals surface area (Å²) < 4.78 is 0.291. The number of anilines is 1. The van der Waals surface area contributed by atoms with Crippen LogP contribution in [0.2, 0.25) is 0 Å². The Bertz CT molecular complexity index is 622. The lowest BCUT2D eigenvalue weighted by Gasteiger charge is -2.02. The highest BCUT2D eigenvalue weighted by molar-refractivity contribution is 7.23. The van der Waals surface area contributed by atoms with Crippen LogP contribution >= 0.6 is 11.3 Å². The molecule has 7 N–H and O–H groups in total. The average Bonchev–Trinajstić information content (AvgIpc) is 2.52. The summed E-state index contributed by atoms with van der Waals surface area (Å²) in [6, 6.07) is 0.279. The van der Waals surface area contributed by atoms with E-state index in [1.54, 1.807) is 0 Å². The van der Waals surface area contributed by atoms with E-state index in [0.717, 1.165) is 17.4 Å². The van der Waals surface area contributed by atoms with Crippen LogP contribution in [0.4, 0.5) is 9.80 Å². The molecular weight excluding hydrogens is 248 g/mol. The molecule has 0 aliphatic heterocycles. The standard InChI is InChI=1S/C9H8N2O5S/c10-9(16)11-8-7(15)4-3(17-8)1-2(12)5(13)6(4)14/h1,12-15H,(H3,10,11,16). The van der Waals surface area contributed by atoms with E-state index in [1.165, 1.54) is 0 Å². The SMILES string of the molecule is NC(=O)Nc1sc2cc(O)c(O)c(O)c2c1O. The number of carbonyl (C=O) groups is 1. The Labute approximate surface area is 98.3 Å². The van der Waals surface area contributed by atoms with E-state index >= 15 is 0 Å². The van der Waals surface area contributed by atoms with E-state index in [1.807, 2.05) is 0 Å². The fraction of sp³-hybridized carbons (Fsp3) is 0. The molecule has 0 unspecified atom stereocenters. The van der Waals surface area contributed by atoms with Gasteiger partial charge in [-0.3, -0.25) is 5.32 Å². The summed E-state index contributed by atoms with van der Waals surface area (Å²) in [6.45, 7) is 0. The van der Waals surface area contributed by atoms with Gasteiger partial charge < -0.3 is 26.2 Å². The number of primary amides is 1. The second kappa shape index (κ2) is 3.59. The largest absolute Gasteiger partial charge is 0.504 e. The number of hydrogen-bond acceptors (Lipinski definition) is 6. The zero-order valence-electron chi connectivity index (χ0n) is 8.26. The number of thiophene rings is 1. The highest BCUT2D eigenvalue weighted by Gasteiger charge is 2.20. The Kier molecular flexibility index (Phi) is 2.36. The van der Waals surface area contributed by atoms with Crippen molar-refractivity contribution in [2.24, 2.45) is 5.73 Å². The quantitative estimate of drug-likeness (QED) is 0.426. The first kappa shape index (κ1) is 11.1. The Morgan fingerprint density at radius 1 is 1.18 bits per heavy atom. The van der Waals surface area contributed by atoms with Gasteiger partial charge in [0.1, 0.15) is 5.00 Å². The number of carbonyl (C=O) groups excluding carboxylic acids is 1. The van der Waals surface area contributed by atoms with Gasteiger partial charge in [0.25, 0.3) is 0 Å². The number of nitrogens with one attached hydrogen (secondary N) is 1. The van der Waals surface area contributed by atoms with Gasteiger partial charge in [-0.25, -0.2) is 4.79 Å². The van der Waals surface area contributed by atoms with Crippen LogP contribution in [0.15, 0.2) is 6.07 Å². The highest BCUT2D eigenvalue weighted by atomic mass is 32.1. The van der Waals surface area contributed by atoms with Crippen LogP contribution in [0, 0.1) is 0 Å². The zero-order valence-corrected chi connectivity index (χ0v) is 9.08. The number of hydrogen-bond donors (Lipinski definition) is 6. The average molecular weight is 256 g/mol. The predicted octanol–water partition coefficient (Wildman–Crippen LogP) is 1.21. The monoisotopic (exact) mass is 256 g/mol. The molecule has 2 rings (SSSR count). The van der Waals surface area contributed by atoms with Gasteiger partial charge in [0.2, 0.25) is 5.75 Å². The molecule has 0 saturated carbocycles. The van der Waals surface area contributed by atoms with Crippen molar-refractivity contribution in [1.82, 2.24) is 0 Å². The summed E-state index contributed by atoms with van der Waals surface area (Å²) in [7, 11) is 0. The van der Waals surface area contributed by atoms with Gasteiger partial charge in [0.15, 0.2) is 17.2 Å². The highest BCUT2D eigenvalue weighted by Crippen LogP contribution is 2.51. The minimum Gasteiger partial charge on any atom is -0.504 e. The van der Waals surface area contributed by atoms with Crippen LogP contribution in [0.25, 0.3) is 10.1 Å². The lowest BCUT2D eigenvalue weighted by Crippen LogP contribution is -2.18. The number of aromatic hydroxyl groups is 4. The van der Waals surface area contributed by atoms with Crippen molar-refractivity contribution in [1.29, 1.82) is 0 Å². The molecule has 0 saturated heterocycles. The lowest BCUT2D eigenvalue weighted by molar-refractivity contribution is 0.259. The summed E-state index contributed by atoms with van der Waals surface area (Å²) in [4.78, 5) is 10.7. The van der Waals surface area contributed by atoms with Crippen LogP contribution in [0.5, 0.6) is 23.0 Å². The van der Waals surface area contributed by atoms with Gasteiger partial charge in [-0.15, -0.1) is 11.3 Å². The summed E-state index contributed by atoms with van der Waals surface area (Å²) in [6.07, 6.45) is 0. The smallest absolute Gasteiger partial charge is 0.317 e. The lowest BCUT2D eigenvalue weighted by atomic mass is 10.2. The first-order chi connectivity index (χ1) is 7.91. The molecule has 0 aliphatic carbocycles. The second-order valence-corrected chi connectivity index (χ2v) is 4.29. The summed E-state index contributed by atoms with van der Waals surface area (Å²) >= 11 is 0.896. The minimum atomic E-state index is -0.875. The third kappa shape index (κ3) is 1.64. The molecule has 8 heteroatoms. The van der Waals surface area contributed by atoms with Gasteiger partial charge >= 0.3 is 6.03 Å². The van der Waals surface area contributed by atoms with Crippen LogP contribution in [-0.4, -0.2) is 26.5 Å². The second-order valence-electron chi connectivity index (χ2n) is 3.24. The maximum Gasteiger partial charge on any atom is 0.317 e. The summed E-state index contributed by atoms with van der Waals surface area (Å²) in [5.74, 6) is -2.35. The number of phenolic OH excluding ortho intramolecular Hbond substituents is 3. The first-order valence-electron chi connectivity index (χ1n) is 4.37. The van der Waals surface area contributed by atoms with E-state index in [9.17, 15) is 25.2 Å². The fourth-order valence-corrected chi connectivity index (χ4v) is 2.44. The third-order valence-electron chi connectivity index (χ3n) is 2.12.